The van der Waals surface area contributed by atoms with Gasteiger partial charge in [-0.15, -0.1) is 0 Å². The van der Waals surface area contributed by atoms with Crippen LogP contribution < -0.4 is 4.74 Å². The maximum absolute atomic E-state index is 5.23. The van der Waals surface area contributed by atoms with Crippen LogP contribution in [-0.2, 0) is 13.0 Å². The monoisotopic (exact) mass is 319 g/mol. The lowest BCUT2D eigenvalue weighted by molar-refractivity contribution is 0.249. The fraction of sp³-hybridized carbons (Fsp3) is 0.273. The Hall–Kier alpha value is -2.32. The summed E-state index contributed by atoms with van der Waals surface area (Å²) in [7, 11) is 3.91. The van der Waals surface area contributed by atoms with E-state index in [1.54, 1.807) is 7.11 Å². The van der Waals surface area contributed by atoms with Gasteiger partial charge in [0.05, 0.1) is 7.11 Å². The molecule has 3 aromatic carbocycles. The van der Waals surface area contributed by atoms with Crippen molar-refractivity contribution in [1.29, 1.82) is 0 Å². The van der Waals surface area contributed by atoms with Crippen molar-refractivity contribution in [1.82, 2.24) is 4.90 Å². The molecule has 2 heteroatoms. The highest BCUT2D eigenvalue weighted by atomic mass is 16.5. The number of nitrogens with zero attached hydrogens (tertiary/aromatic N) is 1. The third kappa shape index (κ3) is 3.77. The summed E-state index contributed by atoms with van der Waals surface area (Å²) in [4.78, 5) is 2.42. The lowest BCUT2D eigenvalue weighted by Gasteiger charge is -2.25. The van der Waals surface area contributed by atoms with E-state index in [4.69, 9.17) is 4.74 Å². The lowest BCUT2D eigenvalue weighted by Crippen LogP contribution is -2.30. The van der Waals surface area contributed by atoms with Crippen LogP contribution >= 0.6 is 0 Å². The molecule has 0 amide bonds. The van der Waals surface area contributed by atoms with Gasteiger partial charge in [-0.3, -0.25) is 4.90 Å². The minimum Gasteiger partial charge on any atom is -0.497 e. The van der Waals surface area contributed by atoms with Crippen molar-refractivity contribution in [2.45, 2.75) is 25.9 Å². The minimum absolute atomic E-state index is 0.470. The fourth-order valence-corrected chi connectivity index (χ4v) is 3.11. The van der Waals surface area contributed by atoms with E-state index in [-0.39, 0.29) is 0 Å². The molecule has 1 atom stereocenters. The average molecular weight is 319 g/mol. The van der Waals surface area contributed by atoms with Crippen molar-refractivity contribution in [2.24, 2.45) is 0 Å². The SMILES string of the molecule is COc1ccc(CC(C)N(C)Cc2cccc3ccccc23)cc1. The third-order valence-corrected chi connectivity index (χ3v) is 4.74. The molecule has 24 heavy (non-hydrogen) atoms. The standard InChI is InChI=1S/C22H25NO/c1-17(15-18-11-13-21(24-3)14-12-18)23(2)16-20-9-6-8-19-7-4-5-10-22(19)20/h4-14,17H,15-16H2,1-3H3. The highest BCUT2D eigenvalue weighted by molar-refractivity contribution is 5.85. The van der Waals surface area contributed by atoms with Crippen molar-refractivity contribution in [2.75, 3.05) is 14.2 Å². The second-order valence-corrected chi connectivity index (χ2v) is 6.45. The van der Waals surface area contributed by atoms with E-state index in [9.17, 15) is 0 Å². The summed E-state index contributed by atoms with van der Waals surface area (Å²) in [5.74, 6) is 0.913. The third-order valence-electron chi connectivity index (χ3n) is 4.74. The zero-order chi connectivity index (χ0) is 16.9. The molecule has 0 aliphatic carbocycles. The second-order valence-electron chi connectivity index (χ2n) is 6.45. The fourth-order valence-electron chi connectivity index (χ4n) is 3.11. The molecule has 0 spiro atoms. The zero-order valence-corrected chi connectivity index (χ0v) is 14.7. The van der Waals surface area contributed by atoms with Crippen molar-refractivity contribution in [3.63, 3.8) is 0 Å². The van der Waals surface area contributed by atoms with Gasteiger partial charge in [0.1, 0.15) is 5.75 Å². The summed E-state index contributed by atoms with van der Waals surface area (Å²) in [6, 6.07) is 24.0. The predicted octanol–water partition coefficient (Wildman–Crippen LogP) is 4.91. The van der Waals surface area contributed by atoms with Gasteiger partial charge < -0.3 is 4.74 Å². The van der Waals surface area contributed by atoms with E-state index >= 15 is 0 Å². The van der Waals surface area contributed by atoms with E-state index in [0.29, 0.717) is 6.04 Å². The van der Waals surface area contributed by atoms with E-state index in [0.717, 1.165) is 18.7 Å². The maximum Gasteiger partial charge on any atom is 0.118 e. The molecule has 0 saturated heterocycles. The number of hydrogen-bond donors (Lipinski definition) is 0. The molecule has 0 aliphatic rings. The number of ether oxygens (including phenoxy) is 1. The van der Waals surface area contributed by atoms with Crippen LogP contribution in [0.2, 0.25) is 0 Å². The molecule has 2 nitrogen and oxygen atoms in total. The number of fused-ring (bicyclic) bond motifs is 1. The summed E-state index contributed by atoms with van der Waals surface area (Å²) in [6.45, 7) is 3.24. The average Bonchev–Trinajstić information content (AvgIpc) is 2.62. The molecule has 0 saturated carbocycles. The Kier molecular flexibility index (Phi) is 5.17. The van der Waals surface area contributed by atoms with Crippen LogP contribution in [0.1, 0.15) is 18.1 Å². The van der Waals surface area contributed by atoms with Crippen molar-refractivity contribution in [3.8, 4) is 5.75 Å². The molecule has 3 rings (SSSR count). The smallest absolute Gasteiger partial charge is 0.118 e. The van der Waals surface area contributed by atoms with E-state index in [1.165, 1.54) is 21.9 Å². The Morgan fingerprint density at radius 3 is 2.38 bits per heavy atom. The Morgan fingerprint density at radius 1 is 0.917 bits per heavy atom. The minimum atomic E-state index is 0.470. The van der Waals surface area contributed by atoms with Gasteiger partial charge in [-0.1, -0.05) is 54.6 Å². The highest BCUT2D eigenvalue weighted by Gasteiger charge is 2.12. The van der Waals surface area contributed by atoms with Gasteiger partial charge in [0.2, 0.25) is 0 Å². The Labute approximate surface area is 144 Å². The predicted molar refractivity (Wildman–Crippen MR) is 102 cm³/mol. The first-order valence-corrected chi connectivity index (χ1v) is 8.47. The van der Waals surface area contributed by atoms with Crippen LogP contribution in [-0.4, -0.2) is 25.1 Å². The van der Waals surface area contributed by atoms with Gasteiger partial charge in [0.25, 0.3) is 0 Å². The van der Waals surface area contributed by atoms with Crippen LogP contribution in [0.25, 0.3) is 10.8 Å². The first kappa shape index (κ1) is 16.5. The van der Waals surface area contributed by atoms with Gasteiger partial charge in [0.15, 0.2) is 0 Å². The molecule has 0 aromatic heterocycles. The van der Waals surface area contributed by atoms with Gasteiger partial charge in [-0.2, -0.15) is 0 Å². The summed E-state index contributed by atoms with van der Waals surface area (Å²) < 4.78 is 5.23. The molecule has 124 valence electrons. The maximum atomic E-state index is 5.23. The molecule has 3 aromatic rings. The number of benzene rings is 3. The Balaban J connectivity index is 1.69. The molecule has 0 aliphatic heterocycles. The van der Waals surface area contributed by atoms with E-state index < -0.39 is 0 Å². The van der Waals surface area contributed by atoms with Crippen molar-refractivity contribution < 1.29 is 4.74 Å². The summed E-state index contributed by atoms with van der Waals surface area (Å²) in [5, 5.41) is 2.66. The number of rotatable bonds is 6. The van der Waals surface area contributed by atoms with Crippen LogP contribution in [0, 0.1) is 0 Å². The van der Waals surface area contributed by atoms with Crippen molar-refractivity contribution in [3.05, 3.63) is 77.9 Å². The van der Waals surface area contributed by atoms with Crippen LogP contribution in [0.3, 0.4) is 0 Å². The Bertz CT molecular complexity index is 789. The number of methoxy groups -OCH3 is 1. The van der Waals surface area contributed by atoms with E-state index in [2.05, 4.69) is 73.5 Å². The van der Waals surface area contributed by atoms with Crippen molar-refractivity contribution >= 4 is 10.8 Å². The van der Waals surface area contributed by atoms with Gasteiger partial charge >= 0.3 is 0 Å². The highest BCUT2D eigenvalue weighted by Crippen LogP contribution is 2.21. The van der Waals surface area contributed by atoms with E-state index in [1.807, 2.05) is 12.1 Å². The van der Waals surface area contributed by atoms with Crippen LogP contribution in [0.4, 0.5) is 0 Å². The topological polar surface area (TPSA) is 12.5 Å². The quantitative estimate of drug-likeness (QED) is 0.640. The van der Waals surface area contributed by atoms with Gasteiger partial charge in [-0.25, -0.2) is 0 Å². The molecule has 0 bridgehead atoms. The Morgan fingerprint density at radius 2 is 1.62 bits per heavy atom. The zero-order valence-electron chi connectivity index (χ0n) is 14.7. The summed E-state index contributed by atoms with van der Waals surface area (Å²) in [6.07, 6.45) is 1.03. The normalized spacial score (nSPS) is 12.5. The lowest BCUT2D eigenvalue weighted by atomic mass is 10.0. The number of hydrogen-bond acceptors (Lipinski definition) is 2. The number of likely N-dealkylation sites (N-methyl/N-ethyl adjacent to an activating group) is 1. The van der Waals surface area contributed by atoms with Crippen LogP contribution in [0.5, 0.6) is 5.75 Å². The largest absolute Gasteiger partial charge is 0.497 e. The second kappa shape index (κ2) is 7.50. The summed E-state index contributed by atoms with van der Waals surface area (Å²) >= 11 is 0. The molecule has 1 unspecified atom stereocenters. The molecule has 0 fully saturated rings. The molecule has 0 N–H and O–H groups in total. The van der Waals surface area contributed by atoms with Crippen LogP contribution in [0.15, 0.2) is 66.7 Å². The first-order chi connectivity index (χ1) is 11.7. The van der Waals surface area contributed by atoms with Gasteiger partial charge in [-0.05, 0) is 54.4 Å². The molecular formula is C22H25NO. The molecular weight excluding hydrogens is 294 g/mol. The molecule has 0 heterocycles. The summed E-state index contributed by atoms with van der Waals surface area (Å²) in [5.41, 5.74) is 2.73. The first-order valence-electron chi connectivity index (χ1n) is 8.47. The molecule has 0 radical (unpaired) electrons. The van der Waals surface area contributed by atoms with Gasteiger partial charge in [0, 0.05) is 12.6 Å².